The molecule has 1 aliphatic rings. The van der Waals surface area contributed by atoms with Gasteiger partial charge in [0.25, 0.3) is 17.0 Å². The molecule has 2 heterocycles. The molecule has 0 spiro atoms. The lowest BCUT2D eigenvalue weighted by atomic mass is 10.00. The molecule has 1 aliphatic heterocycles. The van der Waals surface area contributed by atoms with Crippen LogP contribution in [-0.4, -0.2) is 35.5 Å². The van der Waals surface area contributed by atoms with Crippen molar-refractivity contribution in [3.05, 3.63) is 60.7 Å². The van der Waals surface area contributed by atoms with Crippen LogP contribution in [-0.2, 0) is 4.79 Å². The number of hydrogen-bond donors (Lipinski definition) is 0. The number of carbonyl (C=O) groups is 1. The lowest BCUT2D eigenvalue weighted by Crippen LogP contribution is -2.59. The molecule has 2 aromatic carbocycles. The second-order valence-electron chi connectivity index (χ2n) is 7.41. The highest BCUT2D eigenvalue weighted by Gasteiger charge is 2.46. The van der Waals surface area contributed by atoms with E-state index in [1.807, 2.05) is 49.4 Å². The molecule has 3 aromatic rings. The minimum atomic E-state index is -0.772. The van der Waals surface area contributed by atoms with E-state index in [-0.39, 0.29) is 12.3 Å². The average molecular weight is 479 g/mol. The third kappa shape index (κ3) is 4.07. The van der Waals surface area contributed by atoms with Gasteiger partial charge in [0.2, 0.25) is 5.91 Å². The van der Waals surface area contributed by atoms with E-state index in [9.17, 15) is 9.90 Å². The predicted octanol–water partition coefficient (Wildman–Crippen LogP) is 3.49. The Kier molecular flexibility index (Phi) is 7.02. The first-order valence-electron chi connectivity index (χ1n) is 11.0. The zero-order valence-electron chi connectivity index (χ0n) is 19.4. The lowest BCUT2D eigenvalue weighted by molar-refractivity contribution is -0.764. The van der Waals surface area contributed by atoms with Gasteiger partial charge in [-0.15, -0.1) is 6.58 Å². The fourth-order valence-electron chi connectivity index (χ4n) is 4.07. The first-order chi connectivity index (χ1) is 16.5. The molecule has 1 aromatic heterocycles. The Morgan fingerprint density at radius 2 is 2.06 bits per heavy atom. The van der Waals surface area contributed by atoms with Crippen LogP contribution in [0, 0.1) is 0 Å². The van der Waals surface area contributed by atoms with Crippen molar-refractivity contribution in [3.63, 3.8) is 0 Å². The Labute approximate surface area is 202 Å². The number of anilines is 1. The summed E-state index contributed by atoms with van der Waals surface area (Å²) in [5.41, 5.74) is 2.18. The average Bonchev–Trinajstić information content (AvgIpc) is 2.86. The molecule has 176 valence electrons. The standard InChI is InChI=1S/C25H26N4O4S/c1-5-15-34-25-26-23(31)21-16-11-8-9-13-18(16)28(20(30)6-2)24(29(21)27-25)17-12-10-14-19(33-7-3)22(17)32-4/h5,8-14,24H,1,6-7,15H2,2-4H3. The Bertz CT molecular complexity index is 1230. The smallest absolute Gasteiger partial charge is 0.296 e. The van der Waals surface area contributed by atoms with Crippen molar-refractivity contribution in [1.82, 2.24) is 10.1 Å². The van der Waals surface area contributed by atoms with Crippen LogP contribution in [0.1, 0.15) is 32.0 Å². The highest BCUT2D eigenvalue weighted by atomic mass is 32.2. The molecule has 1 amide bonds. The van der Waals surface area contributed by atoms with Crippen LogP contribution in [0.3, 0.4) is 0 Å². The molecule has 0 saturated carbocycles. The van der Waals surface area contributed by atoms with Gasteiger partial charge in [0.15, 0.2) is 11.5 Å². The summed E-state index contributed by atoms with van der Waals surface area (Å²) in [6, 6.07) is 12.8. The minimum absolute atomic E-state index is 0.120. The number of rotatable bonds is 8. The quantitative estimate of drug-likeness (QED) is 0.278. The maximum Gasteiger partial charge on any atom is 0.296 e. The van der Waals surface area contributed by atoms with Gasteiger partial charge in [-0.2, -0.15) is 0 Å². The van der Waals surface area contributed by atoms with Crippen molar-refractivity contribution in [2.75, 3.05) is 24.4 Å². The van der Waals surface area contributed by atoms with Gasteiger partial charge in [0.1, 0.15) is 0 Å². The molecule has 9 heteroatoms. The van der Waals surface area contributed by atoms with E-state index in [0.717, 1.165) is 0 Å². The SMILES string of the molecule is C=CCSc1nc([O-])c2[n+](n1)C(c1cccc(OCC)c1OC)N(C(=O)CC)c1ccccc1-2. The summed E-state index contributed by atoms with van der Waals surface area (Å²) in [4.78, 5) is 19.2. The van der Waals surface area contributed by atoms with E-state index < -0.39 is 12.0 Å². The summed E-state index contributed by atoms with van der Waals surface area (Å²) in [5.74, 6) is 1.03. The van der Waals surface area contributed by atoms with Gasteiger partial charge in [-0.05, 0) is 31.2 Å². The number of nitrogens with zero attached hydrogens (tertiary/aromatic N) is 4. The fourth-order valence-corrected chi connectivity index (χ4v) is 4.63. The monoisotopic (exact) mass is 478 g/mol. The first kappa shape index (κ1) is 23.6. The molecule has 0 bridgehead atoms. The van der Waals surface area contributed by atoms with Gasteiger partial charge < -0.3 is 14.6 Å². The summed E-state index contributed by atoms with van der Waals surface area (Å²) < 4.78 is 13.1. The zero-order valence-corrected chi connectivity index (χ0v) is 20.2. The van der Waals surface area contributed by atoms with Crippen LogP contribution >= 0.6 is 11.8 Å². The molecule has 0 aliphatic carbocycles. The number of para-hydroxylation sites is 2. The molecule has 1 atom stereocenters. The third-order valence-electron chi connectivity index (χ3n) is 5.41. The second-order valence-corrected chi connectivity index (χ2v) is 8.40. The maximum atomic E-state index is 13.4. The summed E-state index contributed by atoms with van der Waals surface area (Å²) in [7, 11) is 1.56. The number of benzene rings is 2. The molecule has 0 fully saturated rings. The zero-order chi connectivity index (χ0) is 24.2. The summed E-state index contributed by atoms with van der Waals surface area (Å²) in [5, 5.41) is 18.3. The van der Waals surface area contributed by atoms with Crippen LogP contribution in [0.15, 0.2) is 60.3 Å². The Morgan fingerprint density at radius 1 is 1.26 bits per heavy atom. The van der Waals surface area contributed by atoms with Gasteiger partial charge in [-0.3, -0.25) is 4.79 Å². The molecule has 34 heavy (non-hydrogen) atoms. The second kappa shape index (κ2) is 10.1. The normalized spacial score (nSPS) is 14.2. The van der Waals surface area contributed by atoms with Gasteiger partial charge in [-0.1, -0.05) is 47.6 Å². The first-order valence-corrected chi connectivity index (χ1v) is 12.0. The molecule has 0 radical (unpaired) electrons. The molecule has 0 saturated heterocycles. The fraction of sp³-hybridized carbons (Fsp3) is 0.280. The van der Waals surface area contributed by atoms with Crippen LogP contribution in [0.4, 0.5) is 5.69 Å². The van der Waals surface area contributed by atoms with E-state index >= 15 is 0 Å². The summed E-state index contributed by atoms with van der Waals surface area (Å²) >= 11 is 1.30. The van der Waals surface area contributed by atoms with Gasteiger partial charge in [-0.25, -0.2) is 9.88 Å². The van der Waals surface area contributed by atoms with Gasteiger partial charge >= 0.3 is 0 Å². The van der Waals surface area contributed by atoms with Crippen LogP contribution in [0.5, 0.6) is 17.4 Å². The van der Waals surface area contributed by atoms with Gasteiger partial charge in [0.05, 0.1) is 36.4 Å². The van der Waals surface area contributed by atoms with Crippen LogP contribution in [0.25, 0.3) is 11.3 Å². The van der Waals surface area contributed by atoms with E-state index in [1.165, 1.54) is 11.8 Å². The molecule has 4 rings (SSSR count). The predicted molar refractivity (Wildman–Crippen MR) is 128 cm³/mol. The molecule has 0 N–H and O–H groups in total. The molecular weight excluding hydrogens is 452 g/mol. The van der Waals surface area contributed by atoms with Crippen LogP contribution in [0.2, 0.25) is 0 Å². The summed E-state index contributed by atoms with van der Waals surface area (Å²) in [6.45, 7) is 7.87. The number of amides is 1. The highest BCUT2D eigenvalue weighted by Crippen LogP contribution is 2.44. The molecule has 8 nitrogen and oxygen atoms in total. The lowest BCUT2D eigenvalue weighted by Gasteiger charge is -2.34. The molecule has 1 unspecified atom stereocenters. The highest BCUT2D eigenvalue weighted by molar-refractivity contribution is 7.99. The Balaban J connectivity index is 2.06. The van der Waals surface area contributed by atoms with Crippen molar-refractivity contribution in [2.45, 2.75) is 31.6 Å². The number of aromatic nitrogens is 3. The molecular formula is C25H26N4O4S. The van der Waals surface area contributed by atoms with Crippen LogP contribution < -0.4 is 24.2 Å². The maximum absolute atomic E-state index is 13.4. The Morgan fingerprint density at radius 3 is 2.76 bits per heavy atom. The van der Waals surface area contributed by atoms with Crippen molar-refractivity contribution < 1.29 is 24.1 Å². The van der Waals surface area contributed by atoms with E-state index in [1.54, 1.807) is 29.7 Å². The number of ether oxygens (including phenoxy) is 2. The van der Waals surface area contributed by atoms with Crippen molar-refractivity contribution in [3.8, 4) is 28.6 Å². The number of carbonyl (C=O) groups excluding carboxylic acids is 1. The van der Waals surface area contributed by atoms with E-state index in [4.69, 9.17) is 14.6 Å². The number of hydrogen-bond acceptors (Lipinski definition) is 7. The van der Waals surface area contributed by atoms with Crippen molar-refractivity contribution in [1.29, 1.82) is 0 Å². The van der Waals surface area contributed by atoms with Crippen molar-refractivity contribution >= 4 is 23.4 Å². The topological polar surface area (TPSA) is 91.5 Å². The number of thioether (sulfide) groups is 1. The number of methoxy groups -OCH3 is 1. The number of fused-ring (bicyclic) bond motifs is 3. The van der Waals surface area contributed by atoms with Crippen molar-refractivity contribution in [2.24, 2.45) is 0 Å². The van der Waals surface area contributed by atoms with E-state index in [2.05, 4.69) is 11.6 Å². The third-order valence-corrected chi connectivity index (χ3v) is 6.24. The van der Waals surface area contributed by atoms with Gasteiger partial charge in [0, 0.05) is 17.3 Å². The largest absolute Gasteiger partial charge is 0.854 e. The minimum Gasteiger partial charge on any atom is -0.854 e. The Hall–Kier alpha value is -3.59. The van der Waals surface area contributed by atoms with E-state index in [0.29, 0.717) is 51.5 Å². The summed E-state index contributed by atoms with van der Waals surface area (Å²) in [6.07, 6.45) is 1.21.